The fraction of sp³-hybridized carbons (Fsp3) is 0.654. The number of esters is 4. The Morgan fingerprint density at radius 2 is 1.84 bits per heavy atom. The van der Waals surface area contributed by atoms with E-state index in [1.54, 1.807) is 13.0 Å². The molecule has 4 rings (SSSR count). The van der Waals surface area contributed by atoms with Crippen LogP contribution in [-0.4, -0.2) is 82.4 Å². The van der Waals surface area contributed by atoms with E-state index in [0.717, 1.165) is 13.8 Å². The molecule has 0 amide bonds. The Morgan fingerprint density at radius 1 is 1.18 bits per heavy atom. The van der Waals surface area contributed by atoms with Gasteiger partial charge in [0, 0.05) is 19.3 Å². The maximum Gasteiger partial charge on any atom is 0.344 e. The van der Waals surface area contributed by atoms with E-state index in [9.17, 15) is 29.1 Å². The molecule has 0 aromatic heterocycles. The molecule has 2 aliphatic carbocycles. The first-order valence-electron chi connectivity index (χ1n) is 12.2. The average molecular weight is 555 g/mol. The summed E-state index contributed by atoms with van der Waals surface area (Å²) in [6, 6.07) is 0. The van der Waals surface area contributed by atoms with E-state index in [-0.39, 0.29) is 6.42 Å². The summed E-state index contributed by atoms with van der Waals surface area (Å²) >= 11 is 6.71. The molecule has 10 atom stereocenters. The van der Waals surface area contributed by atoms with E-state index in [0.29, 0.717) is 5.57 Å². The highest BCUT2D eigenvalue weighted by atomic mass is 35.5. The summed E-state index contributed by atoms with van der Waals surface area (Å²) in [4.78, 5) is 62.9. The van der Waals surface area contributed by atoms with Gasteiger partial charge in [0.15, 0.2) is 29.7 Å². The predicted octanol–water partition coefficient (Wildman–Crippen LogP) is 1.17. The zero-order chi connectivity index (χ0) is 28.4. The lowest BCUT2D eigenvalue weighted by molar-refractivity contribution is -0.227. The zero-order valence-corrected chi connectivity index (χ0v) is 22.5. The fourth-order valence-corrected chi connectivity index (χ4v) is 6.57. The molecular weight excluding hydrogens is 524 g/mol. The highest BCUT2D eigenvalue weighted by molar-refractivity contribution is 6.23. The summed E-state index contributed by atoms with van der Waals surface area (Å²) in [6.45, 7) is 9.87. The van der Waals surface area contributed by atoms with Gasteiger partial charge < -0.3 is 28.8 Å². The van der Waals surface area contributed by atoms with E-state index in [4.69, 9.17) is 35.3 Å². The number of ketones is 1. The van der Waals surface area contributed by atoms with Gasteiger partial charge in [-0.25, -0.2) is 4.79 Å². The molecule has 3 fully saturated rings. The largest absolute Gasteiger partial charge is 0.457 e. The zero-order valence-electron chi connectivity index (χ0n) is 21.7. The Bertz CT molecular complexity index is 1130. The van der Waals surface area contributed by atoms with Crippen LogP contribution in [0.1, 0.15) is 41.0 Å². The number of carbonyl (C=O) groups excluding carboxylic acids is 5. The predicted molar refractivity (Wildman–Crippen MR) is 128 cm³/mol. The fourth-order valence-electron chi connectivity index (χ4n) is 6.23. The lowest BCUT2D eigenvalue weighted by atomic mass is 9.55. The Hall–Kier alpha value is -2.76. The van der Waals surface area contributed by atoms with Gasteiger partial charge in [-0.3, -0.25) is 19.2 Å². The number of rotatable bonds is 4. The van der Waals surface area contributed by atoms with Gasteiger partial charge in [0.2, 0.25) is 0 Å². The van der Waals surface area contributed by atoms with Gasteiger partial charge in [-0.1, -0.05) is 25.2 Å². The minimum atomic E-state index is -2.32. The summed E-state index contributed by atoms with van der Waals surface area (Å²) in [6.07, 6.45) is -1.05. The molecule has 0 aromatic carbocycles. The SMILES string of the molecule is C=C1C[C@@H]2O[C@@H]2[C@@]2(C)C=CC(=O)[C@@](C)(OC(C)=O)[C@@H]2[C@H](OC(=O)COC(C)=O)[C@]2(O)[C@@H](C)C(=O)O[C@H]2[C@@H]1Cl. The van der Waals surface area contributed by atoms with E-state index in [2.05, 4.69) is 6.58 Å². The van der Waals surface area contributed by atoms with Gasteiger partial charge in [0.25, 0.3) is 0 Å². The Balaban J connectivity index is 1.97. The quantitative estimate of drug-likeness (QED) is 0.175. The first kappa shape index (κ1) is 28.3. The van der Waals surface area contributed by atoms with Crippen LogP contribution in [0.25, 0.3) is 0 Å². The molecule has 0 radical (unpaired) electrons. The molecule has 38 heavy (non-hydrogen) atoms. The minimum absolute atomic E-state index is 0.266. The van der Waals surface area contributed by atoms with Crippen LogP contribution in [0.3, 0.4) is 0 Å². The smallest absolute Gasteiger partial charge is 0.344 e. The third-order valence-electron chi connectivity index (χ3n) is 8.17. The maximum absolute atomic E-state index is 13.4. The van der Waals surface area contributed by atoms with E-state index in [1.165, 1.54) is 19.9 Å². The van der Waals surface area contributed by atoms with Crippen molar-refractivity contribution in [1.29, 1.82) is 0 Å². The number of aliphatic hydroxyl groups is 1. The number of epoxide rings is 1. The summed E-state index contributed by atoms with van der Waals surface area (Å²) in [7, 11) is 0. The molecule has 1 N–H and O–H groups in total. The second kappa shape index (κ2) is 9.46. The molecule has 12 heteroatoms. The summed E-state index contributed by atoms with van der Waals surface area (Å²) < 4.78 is 27.7. The summed E-state index contributed by atoms with van der Waals surface area (Å²) in [5.41, 5.74) is -5.03. The average Bonchev–Trinajstić information content (AvgIpc) is 3.56. The Labute approximate surface area is 224 Å². The van der Waals surface area contributed by atoms with Crippen molar-refractivity contribution in [3.8, 4) is 0 Å². The van der Waals surface area contributed by atoms with Gasteiger partial charge >= 0.3 is 23.9 Å². The van der Waals surface area contributed by atoms with Crippen molar-refractivity contribution in [1.82, 2.24) is 0 Å². The van der Waals surface area contributed by atoms with E-state index in [1.807, 2.05) is 0 Å². The van der Waals surface area contributed by atoms with E-state index < -0.39 is 94.5 Å². The minimum Gasteiger partial charge on any atom is -0.457 e. The maximum atomic E-state index is 13.4. The van der Waals surface area contributed by atoms with Gasteiger partial charge in [-0.15, -0.1) is 11.6 Å². The molecule has 2 saturated heterocycles. The van der Waals surface area contributed by atoms with Crippen LogP contribution in [0.2, 0.25) is 0 Å². The lowest BCUT2D eigenvalue weighted by Gasteiger charge is -2.53. The molecule has 0 spiro atoms. The first-order valence-corrected chi connectivity index (χ1v) is 12.7. The van der Waals surface area contributed by atoms with Crippen molar-refractivity contribution in [2.75, 3.05) is 6.61 Å². The lowest BCUT2D eigenvalue weighted by Crippen LogP contribution is -2.69. The van der Waals surface area contributed by atoms with Crippen molar-refractivity contribution in [3.05, 3.63) is 24.3 Å². The van der Waals surface area contributed by atoms with Crippen LogP contribution in [0.4, 0.5) is 0 Å². The van der Waals surface area contributed by atoms with Crippen LogP contribution in [-0.2, 0) is 47.7 Å². The topological polar surface area (TPSA) is 155 Å². The van der Waals surface area contributed by atoms with Crippen LogP contribution in [0, 0.1) is 17.3 Å². The van der Waals surface area contributed by atoms with Crippen LogP contribution < -0.4 is 0 Å². The van der Waals surface area contributed by atoms with Crippen LogP contribution in [0.5, 0.6) is 0 Å². The molecule has 1 saturated carbocycles. The number of hydrogen-bond acceptors (Lipinski definition) is 11. The van der Waals surface area contributed by atoms with E-state index >= 15 is 0 Å². The molecular formula is C26H31ClO11. The Morgan fingerprint density at radius 3 is 2.45 bits per heavy atom. The third-order valence-corrected chi connectivity index (χ3v) is 8.71. The number of hydrogen-bond donors (Lipinski definition) is 1. The van der Waals surface area contributed by atoms with Gasteiger partial charge in [-0.05, 0) is 26.3 Å². The van der Waals surface area contributed by atoms with Crippen LogP contribution >= 0.6 is 11.6 Å². The molecule has 11 nitrogen and oxygen atoms in total. The number of halogens is 1. The second-order valence-electron chi connectivity index (χ2n) is 10.8. The van der Waals surface area contributed by atoms with Gasteiger partial charge in [0.05, 0.1) is 29.4 Å². The summed E-state index contributed by atoms with van der Waals surface area (Å²) in [5, 5.41) is 11.3. The molecule has 0 unspecified atom stereocenters. The normalized spacial score (nSPS) is 43.7. The molecule has 208 valence electrons. The highest BCUT2D eigenvalue weighted by Crippen LogP contribution is 2.59. The number of ether oxygens (including phenoxy) is 5. The van der Waals surface area contributed by atoms with Crippen molar-refractivity contribution in [2.45, 2.75) is 82.0 Å². The third kappa shape index (κ3) is 4.34. The Kier molecular flexibility index (Phi) is 7.03. The standard InChI is InChI=1S/C26H31ClO11/c1-11-9-15-20(35-15)24(5)8-7-16(30)25(6,38-14(4)29)19(24)22(36-17(31)10-34-13(3)28)26(33)12(2)23(32)37-21(26)18(11)27/h7-8,12,15,18-22,33H,1,9-10H2,2-6H3/t12-,15-,18+,19+,20-,21-,22-,24-,25+,26-/m0/s1. The van der Waals surface area contributed by atoms with Crippen molar-refractivity contribution < 1.29 is 52.8 Å². The molecule has 0 aromatic rings. The molecule has 2 heterocycles. The van der Waals surface area contributed by atoms with Crippen LogP contribution in [0.15, 0.2) is 24.3 Å². The number of carbonyl (C=O) groups is 5. The highest BCUT2D eigenvalue weighted by Gasteiger charge is 2.73. The number of alkyl halides is 1. The van der Waals surface area contributed by atoms with Crippen molar-refractivity contribution in [2.24, 2.45) is 17.3 Å². The van der Waals surface area contributed by atoms with Gasteiger partial charge in [-0.2, -0.15) is 0 Å². The molecule has 4 aliphatic rings. The summed E-state index contributed by atoms with van der Waals surface area (Å²) in [5.74, 6) is -6.65. The molecule has 2 aliphatic heterocycles. The molecule has 0 bridgehead atoms. The number of fused-ring (bicyclic) bond motifs is 4. The van der Waals surface area contributed by atoms with Crippen molar-refractivity contribution in [3.63, 3.8) is 0 Å². The van der Waals surface area contributed by atoms with Gasteiger partial charge in [0.1, 0.15) is 6.10 Å². The second-order valence-corrected chi connectivity index (χ2v) is 11.2. The van der Waals surface area contributed by atoms with Crippen molar-refractivity contribution >= 4 is 41.3 Å². The monoisotopic (exact) mass is 554 g/mol. The first-order chi connectivity index (χ1) is 17.6.